The second kappa shape index (κ2) is 11.1. The van der Waals surface area contributed by atoms with Gasteiger partial charge >= 0.3 is 0 Å². The van der Waals surface area contributed by atoms with Gasteiger partial charge in [0.2, 0.25) is 0 Å². The zero-order chi connectivity index (χ0) is 26.7. The van der Waals surface area contributed by atoms with Crippen molar-refractivity contribution < 1.29 is 13.9 Å². The van der Waals surface area contributed by atoms with Gasteiger partial charge in [-0.3, -0.25) is 4.90 Å². The molecule has 3 heterocycles. The number of piperazine rings is 1. The maximum Gasteiger partial charge on any atom is 0.176 e. The first-order chi connectivity index (χ1) is 18.3. The van der Waals surface area contributed by atoms with Gasteiger partial charge in [0.05, 0.1) is 6.54 Å². The van der Waals surface area contributed by atoms with Crippen LogP contribution >= 0.6 is 11.6 Å². The van der Waals surface area contributed by atoms with Gasteiger partial charge in [0.25, 0.3) is 0 Å². The Morgan fingerprint density at radius 1 is 1.11 bits per heavy atom. The number of rotatable bonds is 9. The van der Waals surface area contributed by atoms with Crippen LogP contribution in [0.3, 0.4) is 0 Å². The summed E-state index contributed by atoms with van der Waals surface area (Å²) in [5.41, 5.74) is -0.842. The molecule has 0 aliphatic carbocycles. The summed E-state index contributed by atoms with van der Waals surface area (Å²) in [6.07, 6.45) is 3.29. The third-order valence-corrected chi connectivity index (χ3v) is 7.21. The van der Waals surface area contributed by atoms with Gasteiger partial charge in [-0.2, -0.15) is 9.90 Å². The van der Waals surface area contributed by atoms with E-state index in [0.29, 0.717) is 12.2 Å². The van der Waals surface area contributed by atoms with Gasteiger partial charge in [0.1, 0.15) is 35.9 Å². The third-order valence-electron chi connectivity index (χ3n) is 6.97. The molecule has 0 saturated carbocycles. The van der Waals surface area contributed by atoms with Crippen molar-refractivity contribution >= 4 is 17.3 Å². The van der Waals surface area contributed by atoms with E-state index in [1.54, 1.807) is 6.92 Å². The summed E-state index contributed by atoms with van der Waals surface area (Å²) in [6, 6.07) is 10.1. The van der Waals surface area contributed by atoms with Gasteiger partial charge in [-0.25, -0.2) is 18.4 Å². The lowest BCUT2D eigenvalue weighted by molar-refractivity contribution is -0.0418. The maximum absolute atomic E-state index is 14.8. The van der Waals surface area contributed by atoms with E-state index in [2.05, 4.69) is 41.4 Å². The topological polar surface area (TPSA) is 101 Å². The second-order valence-electron chi connectivity index (χ2n) is 9.40. The molecular weight excluding hydrogens is 516 g/mol. The highest BCUT2D eigenvalue weighted by molar-refractivity contribution is 6.30. The highest BCUT2D eigenvalue weighted by atomic mass is 35.5. The monoisotopic (exact) mass is 543 g/mol. The predicted octanol–water partition coefficient (Wildman–Crippen LogP) is 2.71. The minimum Gasteiger partial charge on any atom is -0.381 e. The predicted molar refractivity (Wildman–Crippen MR) is 137 cm³/mol. The number of anilines is 1. The molecule has 38 heavy (non-hydrogen) atoms. The first-order valence-electron chi connectivity index (χ1n) is 12.3. The molecule has 1 aliphatic rings. The normalized spacial score (nSPS) is 16.9. The van der Waals surface area contributed by atoms with Crippen LogP contribution in [0.4, 0.5) is 14.5 Å². The molecule has 2 aromatic carbocycles. The molecule has 0 bridgehead atoms. The van der Waals surface area contributed by atoms with Gasteiger partial charge in [-0.05, 0) is 36.4 Å². The lowest BCUT2D eigenvalue weighted by Gasteiger charge is -2.36. The highest BCUT2D eigenvalue weighted by Gasteiger charge is 2.41. The van der Waals surface area contributed by atoms with Crippen molar-refractivity contribution in [1.82, 2.24) is 39.9 Å². The quantitative estimate of drug-likeness (QED) is 0.344. The maximum atomic E-state index is 14.8. The molecular formula is C25H28ClF2N9O. The number of benzene rings is 2. The van der Waals surface area contributed by atoms with Crippen molar-refractivity contribution in [2.75, 3.05) is 37.6 Å². The number of hydrogen-bond donors (Lipinski definition) is 1. The van der Waals surface area contributed by atoms with E-state index in [4.69, 9.17) is 11.6 Å². The molecule has 200 valence electrons. The summed E-state index contributed by atoms with van der Waals surface area (Å²) in [7, 11) is 0. The van der Waals surface area contributed by atoms with E-state index in [-0.39, 0.29) is 12.1 Å². The van der Waals surface area contributed by atoms with Crippen molar-refractivity contribution in [2.24, 2.45) is 0 Å². The highest BCUT2D eigenvalue weighted by Crippen LogP contribution is 2.36. The average Bonchev–Trinajstić information content (AvgIpc) is 3.59. The van der Waals surface area contributed by atoms with Crippen LogP contribution in [0, 0.1) is 11.6 Å². The molecule has 1 fully saturated rings. The minimum atomic E-state index is -1.86. The Morgan fingerprint density at radius 2 is 1.92 bits per heavy atom. The van der Waals surface area contributed by atoms with E-state index in [1.165, 1.54) is 28.2 Å². The molecule has 2 atom stereocenters. The fourth-order valence-electron chi connectivity index (χ4n) is 4.72. The molecule has 0 amide bonds. The number of hydrogen-bond acceptors (Lipinski definition) is 8. The first-order valence-corrected chi connectivity index (χ1v) is 12.7. The summed E-state index contributed by atoms with van der Waals surface area (Å²) < 4.78 is 29.8. The van der Waals surface area contributed by atoms with Gasteiger partial charge in [0, 0.05) is 61.5 Å². The molecule has 1 N–H and O–H groups in total. The Labute approximate surface area is 223 Å². The molecule has 13 heteroatoms. The van der Waals surface area contributed by atoms with E-state index >= 15 is 0 Å². The molecule has 0 unspecified atom stereocenters. The van der Waals surface area contributed by atoms with Crippen LogP contribution < -0.4 is 4.90 Å². The third kappa shape index (κ3) is 5.66. The van der Waals surface area contributed by atoms with Crippen molar-refractivity contribution in [3.63, 3.8) is 0 Å². The zero-order valence-electron chi connectivity index (χ0n) is 20.8. The van der Waals surface area contributed by atoms with Crippen molar-refractivity contribution in [3.05, 3.63) is 83.2 Å². The Morgan fingerprint density at radius 3 is 2.63 bits per heavy atom. The largest absolute Gasteiger partial charge is 0.381 e. The minimum absolute atomic E-state index is 0.0988. The van der Waals surface area contributed by atoms with Gasteiger partial charge in [-0.15, -0.1) is 10.2 Å². The van der Waals surface area contributed by atoms with E-state index in [0.717, 1.165) is 55.6 Å². The summed E-state index contributed by atoms with van der Waals surface area (Å²) in [6.45, 7) is 5.80. The lowest BCUT2D eigenvalue weighted by Crippen LogP contribution is -2.47. The second-order valence-corrected chi connectivity index (χ2v) is 9.84. The molecule has 1 saturated heterocycles. The van der Waals surface area contributed by atoms with Crippen LogP contribution in [-0.4, -0.2) is 77.7 Å². The number of halogens is 3. The number of nitrogens with zero attached hydrogens (tertiary/aromatic N) is 9. The molecule has 2 aromatic heterocycles. The Balaban J connectivity index is 1.25. The Bertz CT molecular complexity index is 1360. The zero-order valence-corrected chi connectivity index (χ0v) is 21.6. The smallest absolute Gasteiger partial charge is 0.176 e. The van der Waals surface area contributed by atoms with Crippen molar-refractivity contribution in [3.8, 4) is 0 Å². The van der Waals surface area contributed by atoms with Gasteiger partial charge < -0.3 is 10.0 Å². The number of tetrazole rings is 1. The van der Waals surface area contributed by atoms with Crippen LogP contribution in [0.15, 0.2) is 55.1 Å². The van der Waals surface area contributed by atoms with E-state index in [1.807, 2.05) is 18.2 Å². The van der Waals surface area contributed by atoms with Crippen molar-refractivity contribution in [2.45, 2.75) is 31.5 Å². The fraction of sp³-hybridized carbons (Fsp3) is 0.400. The van der Waals surface area contributed by atoms with Crippen LogP contribution in [0.2, 0.25) is 5.02 Å². The Kier molecular flexibility index (Phi) is 7.63. The molecule has 0 radical (unpaired) electrons. The van der Waals surface area contributed by atoms with Crippen LogP contribution in [0.1, 0.15) is 24.4 Å². The molecule has 0 spiro atoms. The summed E-state index contributed by atoms with van der Waals surface area (Å²) in [5.74, 6) is -1.11. The lowest BCUT2D eigenvalue weighted by atomic mass is 9.86. The average molecular weight is 544 g/mol. The fourth-order valence-corrected chi connectivity index (χ4v) is 4.90. The molecule has 5 rings (SSSR count). The first kappa shape index (κ1) is 26.1. The summed E-state index contributed by atoms with van der Waals surface area (Å²) >= 11 is 6.13. The van der Waals surface area contributed by atoms with Crippen LogP contribution in [-0.2, 0) is 18.6 Å². The van der Waals surface area contributed by atoms with E-state index in [9.17, 15) is 13.9 Å². The Hall–Kier alpha value is -3.48. The van der Waals surface area contributed by atoms with Gasteiger partial charge in [0.15, 0.2) is 5.82 Å². The number of aromatic nitrogens is 7. The summed E-state index contributed by atoms with van der Waals surface area (Å²) in [5, 5.41) is 29.3. The van der Waals surface area contributed by atoms with Crippen molar-refractivity contribution in [1.29, 1.82) is 0 Å². The SMILES string of the molecule is C[C@H](n1nnc(CCN2CCN(c3cccc(Cl)c3)CC2)n1)[C@](O)(Cn1cncn1)c1ccc(F)cc1F. The van der Waals surface area contributed by atoms with Crippen LogP contribution in [0.5, 0.6) is 0 Å². The van der Waals surface area contributed by atoms with Gasteiger partial charge in [-0.1, -0.05) is 23.7 Å². The standard InChI is InChI=1S/C25H28ClF2N9O/c1-18(25(38,15-36-17-29-16-30-36)22-6-5-20(27)14-23(22)28)37-32-24(31-33-37)7-8-34-9-11-35(12-10-34)21-4-2-3-19(26)13-21/h2-6,13-14,16-18,38H,7-12,15H2,1H3/t18-,25+/m0/s1. The van der Waals surface area contributed by atoms with E-state index < -0.39 is 23.3 Å². The number of aliphatic hydroxyl groups is 1. The summed E-state index contributed by atoms with van der Waals surface area (Å²) in [4.78, 5) is 9.80. The molecule has 4 aromatic rings. The van der Waals surface area contributed by atoms with Crippen LogP contribution in [0.25, 0.3) is 0 Å². The molecule has 10 nitrogen and oxygen atoms in total. The molecule has 1 aliphatic heterocycles.